The number of hydrogen-bond donors (Lipinski definition) is 2. The number of nitrogens with zero attached hydrogens (tertiary/aromatic N) is 1. The van der Waals surface area contributed by atoms with E-state index < -0.39 is 5.97 Å². The summed E-state index contributed by atoms with van der Waals surface area (Å²) in [5.41, 5.74) is 2.14. The fraction of sp³-hybridized carbons (Fsp3) is 0.385. The van der Waals surface area contributed by atoms with Crippen LogP contribution in [0.1, 0.15) is 25.3 Å². The number of benzene rings is 1. The summed E-state index contributed by atoms with van der Waals surface area (Å²) in [6, 6.07) is 7.96. The number of carbonyl (C=O) groups is 1. The Morgan fingerprint density at radius 3 is 3.06 bits per heavy atom. The summed E-state index contributed by atoms with van der Waals surface area (Å²) in [6.07, 6.45) is 2.65. The van der Waals surface area contributed by atoms with Crippen molar-refractivity contribution in [2.24, 2.45) is 10.9 Å². The molecule has 0 saturated heterocycles. The largest absolute Gasteiger partial charge is 0.481 e. The van der Waals surface area contributed by atoms with Crippen molar-refractivity contribution in [3.63, 3.8) is 0 Å². The standard InChI is InChI=1S/C13H16N2O2/c1-9(6-7-12(16)17)13-14-8-10-4-2-3-5-11(10)15-13/h2-5,8-9,13,15H,6-7H2,1H3,(H,16,17). The molecular weight excluding hydrogens is 216 g/mol. The summed E-state index contributed by atoms with van der Waals surface area (Å²) < 4.78 is 0. The molecule has 0 amide bonds. The van der Waals surface area contributed by atoms with E-state index in [1.807, 2.05) is 37.4 Å². The molecule has 17 heavy (non-hydrogen) atoms. The van der Waals surface area contributed by atoms with Crippen LogP contribution >= 0.6 is 0 Å². The smallest absolute Gasteiger partial charge is 0.303 e. The van der Waals surface area contributed by atoms with Crippen molar-refractivity contribution in [2.75, 3.05) is 5.32 Å². The highest BCUT2D eigenvalue weighted by atomic mass is 16.4. The van der Waals surface area contributed by atoms with Gasteiger partial charge in [-0.15, -0.1) is 0 Å². The molecule has 0 spiro atoms. The zero-order chi connectivity index (χ0) is 12.3. The van der Waals surface area contributed by atoms with Gasteiger partial charge in [-0.3, -0.25) is 9.79 Å². The van der Waals surface area contributed by atoms with E-state index in [-0.39, 0.29) is 18.5 Å². The van der Waals surface area contributed by atoms with Crippen molar-refractivity contribution >= 4 is 17.9 Å². The Hall–Kier alpha value is -1.84. The van der Waals surface area contributed by atoms with Crippen molar-refractivity contribution in [3.8, 4) is 0 Å². The van der Waals surface area contributed by atoms with E-state index in [2.05, 4.69) is 10.3 Å². The summed E-state index contributed by atoms with van der Waals surface area (Å²) >= 11 is 0. The van der Waals surface area contributed by atoms with Gasteiger partial charge in [-0.05, 0) is 18.4 Å². The zero-order valence-electron chi connectivity index (χ0n) is 9.76. The first kappa shape index (κ1) is 11.6. The lowest BCUT2D eigenvalue weighted by Crippen LogP contribution is -2.29. The first-order chi connectivity index (χ1) is 8.16. The SMILES string of the molecule is CC(CCC(=O)O)C1N=Cc2ccccc2N1. The quantitative estimate of drug-likeness (QED) is 0.837. The Balaban J connectivity index is 2.00. The van der Waals surface area contributed by atoms with Crippen LogP contribution < -0.4 is 5.32 Å². The molecule has 2 rings (SSSR count). The molecule has 4 heteroatoms. The molecule has 90 valence electrons. The molecule has 1 aromatic carbocycles. The van der Waals surface area contributed by atoms with E-state index in [0.717, 1.165) is 11.3 Å². The van der Waals surface area contributed by atoms with Crippen LogP contribution in [0.3, 0.4) is 0 Å². The van der Waals surface area contributed by atoms with Crippen molar-refractivity contribution < 1.29 is 9.90 Å². The lowest BCUT2D eigenvalue weighted by atomic mass is 10.0. The molecule has 1 aliphatic rings. The lowest BCUT2D eigenvalue weighted by molar-refractivity contribution is -0.137. The molecule has 0 fully saturated rings. The van der Waals surface area contributed by atoms with Crippen molar-refractivity contribution in [1.82, 2.24) is 0 Å². The zero-order valence-corrected chi connectivity index (χ0v) is 9.76. The van der Waals surface area contributed by atoms with Gasteiger partial charge in [0.15, 0.2) is 0 Å². The maximum absolute atomic E-state index is 10.5. The molecule has 0 radical (unpaired) electrons. The van der Waals surface area contributed by atoms with Gasteiger partial charge in [-0.2, -0.15) is 0 Å². The predicted octanol–water partition coefficient (Wildman–Crippen LogP) is 2.36. The first-order valence-electron chi connectivity index (χ1n) is 5.77. The summed E-state index contributed by atoms with van der Waals surface area (Å²) in [4.78, 5) is 14.9. The molecule has 2 unspecified atom stereocenters. The molecule has 0 aromatic heterocycles. The topological polar surface area (TPSA) is 61.7 Å². The minimum Gasteiger partial charge on any atom is -0.481 e. The minimum absolute atomic E-state index is 0.0238. The number of aliphatic imine (C=N–C) groups is 1. The number of hydrogen-bond acceptors (Lipinski definition) is 3. The van der Waals surface area contributed by atoms with E-state index in [0.29, 0.717) is 6.42 Å². The third-order valence-electron chi connectivity index (χ3n) is 2.99. The van der Waals surface area contributed by atoms with Crippen LogP contribution in [-0.2, 0) is 4.79 Å². The van der Waals surface area contributed by atoms with Gasteiger partial charge in [0.25, 0.3) is 0 Å². The molecule has 1 aromatic rings. The molecule has 4 nitrogen and oxygen atoms in total. The van der Waals surface area contributed by atoms with Crippen LogP contribution in [0.2, 0.25) is 0 Å². The first-order valence-corrected chi connectivity index (χ1v) is 5.77. The molecule has 0 saturated carbocycles. The Kier molecular flexibility index (Phi) is 3.42. The van der Waals surface area contributed by atoms with Crippen molar-refractivity contribution in [2.45, 2.75) is 25.9 Å². The van der Waals surface area contributed by atoms with Crippen molar-refractivity contribution in [1.29, 1.82) is 0 Å². The monoisotopic (exact) mass is 232 g/mol. The van der Waals surface area contributed by atoms with Gasteiger partial charge in [0, 0.05) is 23.9 Å². The van der Waals surface area contributed by atoms with Crippen LogP contribution in [0, 0.1) is 5.92 Å². The fourth-order valence-corrected chi connectivity index (χ4v) is 1.90. The summed E-state index contributed by atoms with van der Waals surface area (Å²) in [6.45, 7) is 2.02. The van der Waals surface area contributed by atoms with Gasteiger partial charge < -0.3 is 10.4 Å². The number of carboxylic acids is 1. The van der Waals surface area contributed by atoms with E-state index in [4.69, 9.17) is 5.11 Å². The Bertz CT molecular complexity index is 443. The van der Waals surface area contributed by atoms with Gasteiger partial charge >= 0.3 is 5.97 Å². The Morgan fingerprint density at radius 1 is 1.53 bits per heavy atom. The molecule has 1 aliphatic heterocycles. The minimum atomic E-state index is -0.753. The molecule has 2 atom stereocenters. The van der Waals surface area contributed by atoms with E-state index in [1.54, 1.807) is 0 Å². The highest BCUT2D eigenvalue weighted by Crippen LogP contribution is 2.23. The maximum Gasteiger partial charge on any atom is 0.303 e. The van der Waals surface area contributed by atoms with E-state index in [9.17, 15) is 4.79 Å². The number of rotatable bonds is 4. The second-order valence-electron chi connectivity index (χ2n) is 4.36. The molecule has 0 aliphatic carbocycles. The van der Waals surface area contributed by atoms with E-state index >= 15 is 0 Å². The lowest BCUT2D eigenvalue weighted by Gasteiger charge is -2.26. The molecule has 0 bridgehead atoms. The number of anilines is 1. The number of nitrogens with one attached hydrogen (secondary N) is 1. The number of fused-ring (bicyclic) bond motifs is 1. The van der Waals surface area contributed by atoms with E-state index in [1.165, 1.54) is 0 Å². The third kappa shape index (κ3) is 2.84. The third-order valence-corrected chi connectivity index (χ3v) is 2.99. The molecule has 2 N–H and O–H groups in total. The molecular formula is C13H16N2O2. The fourth-order valence-electron chi connectivity index (χ4n) is 1.90. The highest BCUT2D eigenvalue weighted by Gasteiger charge is 2.20. The van der Waals surface area contributed by atoms with Crippen LogP contribution in [0.5, 0.6) is 0 Å². The second kappa shape index (κ2) is 4.99. The van der Waals surface area contributed by atoms with Crippen LogP contribution in [0.15, 0.2) is 29.3 Å². The summed E-state index contributed by atoms with van der Waals surface area (Å²) in [5.74, 6) is -0.548. The number of carboxylic acid groups (broad SMARTS) is 1. The van der Waals surface area contributed by atoms with Crippen LogP contribution in [-0.4, -0.2) is 23.5 Å². The van der Waals surface area contributed by atoms with Gasteiger partial charge in [0.2, 0.25) is 0 Å². The van der Waals surface area contributed by atoms with Gasteiger partial charge in [-0.25, -0.2) is 0 Å². The van der Waals surface area contributed by atoms with Crippen LogP contribution in [0.4, 0.5) is 5.69 Å². The summed E-state index contributed by atoms with van der Waals surface area (Å²) in [7, 11) is 0. The Labute approximate surface area is 100 Å². The molecule has 1 heterocycles. The van der Waals surface area contributed by atoms with Gasteiger partial charge in [0.1, 0.15) is 6.17 Å². The average molecular weight is 232 g/mol. The normalized spacial score (nSPS) is 19.2. The predicted molar refractivity (Wildman–Crippen MR) is 67.5 cm³/mol. The van der Waals surface area contributed by atoms with Gasteiger partial charge in [0.05, 0.1) is 0 Å². The number of aliphatic carboxylic acids is 1. The van der Waals surface area contributed by atoms with Crippen LogP contribution in [0.25, 0.3) is 0 Å². The Morgan fingerprint density at radius 2 is 2.29 bits per heavy atom. The highest BCUT2D eigenvalue weighted by molar-refractivity contribution is 5.89. The number of para-hydroxylation sites is 1. The average Bonchev–Trinajstić information content (AvgIpc) is 2.35. The second-order valence-corrected chi connectivity index (χ2v) is 4.36. The maximum atomic E-state index is 10.5. The summed E-state index contributed by atoms with van der Waals surface area (Å²) in [5, 5.41) is 12.0. The van der Waals surface area contributed by atoms with Gasteiger partial charge in [-0.1, -0.05) is 25.1 Å². The van der Waals surface area contributed by atoms with Crippen molar-refractivity contribution in [3.05, 3.63) is 29.8 Å².